The third kappa shape index (κ3) is 3.22. The highest BCUT2D eigenvalue weighted by atomic mass is 16.5. The van der Waals surface area contributed by atoms with Crippen molar-refractivity contribution in [2.75, 3.05) is 20.8 Å². The summed E-state index contributed by atoms with van der Waals surface area (Å²) < 4.78 is 10.8. The third-order valence-electron chi connectivity index (χ3n) is 5.52. The molecule has 0 bridgehead atoms. The van der Waals surface area contributed by atoms with E-state index in [0.29, 0.717) is 12.5 Å². The standard InChI is InChI=1S/C19H28N2O3/c1-4-17-19(8-6-18(22)20-19)7-5-9-21(17)13-14-10-15(23-2)12-16(11-14)24-3/h10-12,17H,4-9,13H2,1-3H3,(H,20,22)/t17-,19+/m0/s1. The molecule has 2 aliphatic heterocycles. The second-order valence-corrected chi connectivity index (χ2v) is 6.92. The van der Waals surface area contributed by atoms with Crippen LogP contribution in [0.4, 0.5) is 0 Å². The lowest BCUT2D eigenvalue weighted by atomic mass is 9.78. The Bertz CT molecular complexity index is 582. The number of hydrogen-bond acceptors (Lipinski definition) is 4. The van der Waals surface area contributed by atoms with Crippen LogP contribution in [0.3, 0.4) is 0 Å². The summed E-state index contributed by atoms with van der Waals surface area (Å²) in [5.41, 5.74) is 1.15. The summed E-state index contributed by atoms with van der Waals surface area (Å²) >= 11 is 0. The summed E-state index contributed by atoms with van der Waals surface area (Å²) in [5.74, 6) is 1.84. The number of rotatable bonds is 5. The number of ether oxygens (including phenoxy) is 2. The first-order valence-electron chi connectivity index (χ1n) is 8.87. The second kappa shape index (κ2) is 7.01. The average Bonchev–Trinajstić information content (AvgIpc) is 2.95. The molecule has 1 aromatic carbocycles. The van der Waals surface area contributed by atoms with Crippen molar-refractivity contribution in [1.29, 1.82) is 0 Å². The first-order chi connectivity index (χ1) is 11.6. The Hall–Kier alpha value is -1.75. The fourth-order valence-corrected chi connectivity index (χ4v) is 4.48. The minimum absolute atomic E-state index is 0.0347. The van der Waals surface area contributed by atoms with Crippen molar-refractivity contribution in [3.8, 4) is 11.5 Å². The van der Waals surface area contributed by atoms with E-state index in [1.807, 2.05) is 6.07 Å². The van der Waals surface area contributed by atoms with Crippen molar-refractivity contribution in [1.82, 2.24) is 10.2 Å². The van der Waals surface area contributed by atoms with Crippen molar-refractivity contribution < 1.29 is 14.3 Å². The van der Waals surface area contributed by atoms with Crippen LogP contribution in [0.2, 0.25) is 0 Å². The first-order valence-corrected chi connectivity index (χ1v) is 8.87. The SMILES string of the molecule is CC[C@@H]1N(Cc2cc(OC)cc(OC)c2)CCC[C@@]12CCC(=O)N2. The van der Waals surface area contributed by atoms with Gasteiger partial charge in [-0.25, -0.2) is 0 Å². The van der Waals surface area contributed by atoms with Crippen LogP contribution >= 0.6 is 0 Å². The lowest BCUT2D eigenvalue weighted by Crippen LogP contribution is -2.61. The predicted octanol–water partition coefficient (Wildman–Crippen LogP) is 2.73. The lowest BCUT2D eigenvalue weighted by molar-refractivity contribution is -0.120. The highest BCUT2D eigenvalue weighted by Crippen LogP contribution is 2.38. The van der Waals surface area contributed by atoms with Gasteiger partial charge in [-0.1, -0.05) is 6.92 Å². The lowest BCUT2D eigenvalue weighted by Gasteiger charge is -2.48. The summed E-state index contributed by atoms with van der Waals surface area (Å²) in [7, 11) is 3.36. The molecule has 2 saturated heterocycles. The van der Waals surface area contributed by atoms with Crippen LogP contribution in [0.25, 0.3) is 0 Å². The van der Waals surface area contributed by atoms with Gasteiger partial charge in [0.1, 0.15) is 11.5 Å². The van der Waals surface area contributed by atoms with Crippen molar-refractivity contribution in [2.45, 2.75) is 57.2 Å². The molecule has 1 amide bonds. The Morgan fingerprint density at radius 2 is 1.92 bits per heavy atom. The Morgan fingerprint density at radius 1 is 1.21 bits per heavy atom. The molecule has 3 rings (SSSR count). The first kappa shape index (κ1) is 17.1. The topological polar surface area (TPSA) is 50.8 Å². The average molecular weight is 332 g/mol. The smallest absolute Gasteiger partial charge is 0.220 e. The van der Waals surface area contributed by atoms with Gasteiger partial charge in [-0.2, -0.15) is 0 Å². The van der Waals surface area contributed by atoms with Gasteiger partial charge < -0.3 is 14.8 Å². The Labute approximate surface area is 144 Å². The third-order valence-corrected chi connectivity index (χ3v) is 5.52. The molecule has 0 unspecified atom stereocenters. The highest BCUT2D eigenvalue weighted by Gasteiger charge is 2.47. The van der Waals surface area contributed by atoms with Crippen LogP contribution in [0.5, 0.6) is 11.5 Å². The number of nitrogens with zero attached hydrogens (tertiary/aromatic N) is 1. The number of carbonyl (C=O) groups excluding carboxylic acids is 1. The summed E-state index contributed by atoms with van der Waals surface area (Å²) in [5, 5.41) is 3.30. The maximum absolute atomic E-state index is 11.8. The van der Waals surface area contributed by atoms with E-state index in [2.05, 4.69) is 29.3 Å². The molecule has 0 aliphatic carbocycles. The van der Waals surface area contributed by atoms with E-state index in [0.717, 1.165) is 50.3 Å². The molecule has 1 spiro atoms. The number of benzene rings is 1. The maximum Gasteiger partial charge on any atom is 0.220 e. The number of likely N-dealkylation sites (tertiary alicyclic amines) is 1. The summed E-state index contributed by atoms with van der Waals surface area (Å²) in [6.45, 7) is 4.14. The largest absolute Gasteiger partial charge is 0.497 e. The molecule has 2 atom stereocenters. The van der Waals surface area contributed by atoms with E-state index in [4.69, 9.17) is 9.47 Å². The molecular weight excluding hydrogens is 304 g/mol. The zero-order chi connectivity index (χ0) is 17.2. The van der Waals surface area contributed by atoms with Crippen LogP contribution in [0.1, 0.15) is 44.6 Å². The minimum atomic E-state index is -0.0347. The molecule has 0 radical (unpaired) electrons. The molecule has 0 saturated carbocycles. The molecule has 2 aliphatic rings. The zero-order valence-corrected chi connectivity index (χ0v) is 14.9. The van der Waals surface area contributed by atoms with Crippen LogP contribution in [0, 0.1) is 0 Å². The summed E-state index contributed by atoms with van der Waals surface area (Å²) in [6, 6.07) is 6.43. The minimum Gasteiger partial charge on any atom is -0.497 e. The van der Waals surface area contributed by atoms with Gasteiger partial charge >= 0.3 is 0 Å². The van der Waals surface area contributed by atoms with Gasteiger partial charge in [0.25, 0.3) is 0 Å². The number of methoxy groups -OCH3 is 2. The monoisotopic (exact) mass is 332 g/mol. The Kier molecular flexibility index (Phi) is 4.99. The van der Waals surface area contributed by atoms with Gasteiger partial charge in [0.05, 0.1) is 19.8 Å². The number of carbonyl (C=O) groups is 1. The van der Waals surface area contributed by atoms with E-state index in [1.165, 1.54) is 5.56 Å². The fourth-order valence-electron chi connectivity index (χ4n) is 4.48. The van der Waals surface area contributed by atoms with Gasteiger partial charge in [0, 0.05) is 25.1 Å². The van der Waals surface area contributed by atoms with Crippen LogP contribution < -0.4 is 14.8 Å². The molecule has 0 aromatic heterocycles. The number of nitrogens with one attached hydrogen (secondary N) is 1. The van der Waals surface area contributed by atoms with Crippen molar-refractivity contribution >= 4 is 5.91 Å². The molecule has 24 heavy (non-hydrogen) atoms. The molecule has 1 N–H and O–H groups in total. The van der Waals surface area contributed by atoms with Crippen molar-refractivity contribution in [2.24, 2.45) is 0 Å². The van der Waals surface area contributed by atoms with Crippen LogP contribution in [-0.2, 0) is 11.3 Å². The van der Waals surface area contributed by atoms with E-state index >= 15 is 0 Å². The summed E-state index contributed by atoms with van der Waals surface area (Å²) in [6.07, 6.45) is 4.88. The van der Waals surface area contributed by atoms with Gasteiger partial charge in [0.15, 0.2) is 0 Å². The molecule has 2 heterocycles. The molecule has 132 valence electrons. The second-order valence-electron chi connectivity index (χ2n) is 6.92. The number of amides is 1. The van der Waals surface area contributed by atoms with Gasteiger partial charge in [-0.3, -0.25) is 9.69 Å². The van der Waals surface area contributed by atoms with Crippen molar-refractivity contribution in [3.05, 3.63) is 23.8 Å². The normalized spacial score (nSPS) is 27.3. The Balaban J connectivity index is 1.82. The number of hydrogen-bond donors (Lipinski definition) is 1. The fraction of sp³-hybridized carbons (Fsp3) is 0.632. The van der Waals surface area contributed by atoms with E-state index in [1.54, 1.807) is 14.2 Å². The molecule has 5 heteroatoms. The van der Waals surface area contributed by atoms with Gasteiger partial charge in [-0.05, 0) is 49.9 Å². The molecular formula is C19H28N2O3. The molecule has 1 aromatic rings. The highest BCUT2D eigenvalue weighted by molar-refractivity contribution is 5.79. The predicted molar refractivity (Wildman–Crippen MR) is 93.4 cm³/mol. The van der Waals surface area contributed by atoms with Crippen LogP contribution in [-0.4, -0.2) is 43.2 Å². The number of piperidine rings is 1. The summed E-state index contributed by atoms with van der Waals surface area (Å²) in [4.78, 5) is 14.4. The quantitative estimate of drug-likeness (QED) is 0.901. The van der Waals surface area contributed by atoms with Crippen molar-refractivity contribution in [3.63, 3.8) is 0 Å². The molecule has 5 nitrogen and oxygen atoms in total. The maximum atomic E-state index is 11.8. The zero-order valence-electron chi connectivity index (χ0n) is 14.9. The van der Waals surface area contributed by atoms with Crippen LogP contribution in [0.15, 0.2) is 18.2 Å². The molecule has 2 fully saturated rings. The van der Waals surface area contributed by atoms with E-state index < -0.39 is 0 Å². The van der Waals surface area contributed by atoms with Gasteiger partial charge in [0.2, 0.25) is 5.91 Å². The van der Waals surface area contributed by atoms with E-state index in [-0.39, 0.29) is 11.4 Å². The van der Waals surface area contributed by atoms with E-state index in [9.17, 15) is 4.79 Å². The Morgan fingerprint density at radius 3 is 2.46 bits per heavy atom. The van der Waals surface area contributed by atoms with Gasteiger partial charge in [-0.15, -0.1) is 0 Å².